The van der Waals surface area contributed by atoms with E-state index in [4.69, 9.17) is 26.0 Å². The van der Waals surface area contributed by atoms with Gasteiger partial charge >= 0.3 is 5.69 Å². The highest BCUT2D eigenvalue weighted by Crippen LogP contribution is 2.53. The lowest BCUT2D eigenvalue weighted by Crippen LogP contribution is -2.40. The molecule has 0 fully saturated rings. The molecule has 9 heteroatoms. The largest absolute Gasteiger partial charge is 0.382 e. The minimum absolute atomic E-state index is 0.141. The van der Waals surface area contributed by atoms with Crippen LogP contribution in [0.2, 0.25) is 5.02 Å². The van der Waals surface area contributed by atoms with Gasteiger partial charge in [-0.2, -0.15) is 5.06 Å². The summed E-state index contributed by atoms with van der Waals surface area (Å²) < 4.78 is 5.61. The molecule has 0 saturated heterocycles. The maximum Gasteiger partial charge on any atom is 0.334 e. The smallest absolute Gasteiger partial charge is 0.334 e. The quantitative estimate of drug-likeness (QED) is 0.375. The number of allylic oxidation sites excluding steroid dienone is 1. The van der Waals surface area contributed by atoms with Crippen LogP contribution in [0.25, 0.3) is 0 Å². The molecule has 0 bridgehead atoms. The summed E-state index contributed by atoms with van der Waals surface area (Å²) in [5, 5.41) is 18.2. The van der Waals surface area contributed by atoms with Gasteiger partial charge in [-0.3, -0.25) is 15.1 Å². The molecule has 2 aromatic carbocycles. The van der Waals surface area contributed by atoms with E-state index in [1.165, 1.54) is 0 Å². The van der Waals surface area contributed by atoms with Gasteiger partial charge in [-0.05, 0) is 37.1 Å². The van der Waals surface area contributed by atoms with Crippen molar-refractivity contribution in [3.8, 4) is 0 Å². The molecule has 0 spiro atoms. The second kappa shape index (κ2) is 7.80. The molecule has 0 unspecified atom stereocenters. The van der Waals surface area contributed by atoms with Gasteiger partial charge in [-0.15, -0.1) is 0 Å². The zero-order valence-corrected chi connectivity index (χ0v) is 18.1. The van der Waals surface area contributed by atoms with Crippen molar-refractivity contribution in [3.63, 3.8) is 0 Å². The minimum Gasteiger partial charge on any atom is -0.382 e. The Morgan fingerprint density at radius 2 is 1.78 bits per heavy atom. The lowest BCUT2D eigenvalue weighted by Gasteiger charge is -2.40. The lowest BCUT2D eigenvalue weighted by atomic mass is 9.80. The Labute approximate surface area is 188 Å². The third kappa shape index (κ3) is 3.33. The molecule has 0 N–H and O–H groups in total. The van der Waals surface area contributed by atoms with Crippen LogP contribution in [0.5, 0.6) is 0 Å². The molecule has 162 valence electrons. The number of hydrogen-bond acceptors (Lipinski definition) is 7. The number of aryl methyl sites for hydroxylation is 1. The van der Waals surface area contributed by atoms with E-state index in [1.807, 2.05) is 55.5 Å². The van der Waals surface area contributed by atoms with Crippen LogP contribution in [0, 0.1) is 17.0 Å². The van der Waals surface area contributed by atoms with Crippen LogP contribution in [-0.4, -0.2) is 21.0 Å². The van der Waals surface area contributed by atoms with Crippen molar-refractivity contribution < 1.29 is 14.3 Å². The van der Waals surface area contributed by atoms with Gasteiger partial charge in [-0.1, -0.05) is 59.2 Å². The Bertz CT molecular complexity index is 1240. The normalized spacial score (nSPS) is 22.1. The Morgan fingerprint density at radius 1 is 1.06 bits per heavy atom. The molecule has 0 saturated carbocycles. The molecular formula is C23H19ClN4O4. The van der Waals surface area contributed by atoms with Gasteiger partial charge in [0.05, 0.1) is 16.9 Å². The minimum atomic E-state index is -0.580. The van der Waals surface area contributed by atoms with Gasteiger partial charge in [0.1, 0.15) is 11.8 Å². The van der Waals surface area contributed by atoms with E-state index in [0.29, 0.717) is 16.6 Å². The van der Waals surface area contributed by atoms with Crippen molar-refractivity contribution in [2.45, 2.75) is 31.8 Å². The monoisotopic (exact) mass is 450 g/mol. The van der Waals surface area contributed by atoms with Crippen molar-refractivity contribution in [2.75, 3.05) is 0 Å². The van der Waals surface area contributed by atoms with Gasteiger partial charge in [-0.25, -0.2) is 0 Å². The van der Waals surface area contributed by atoms with Crippen LogP contribution in [0.1, 0.15) is 47.5 Å². The maximum absolute atomic E-state index is 12.0. The summed E-state index contributed by atoms with van der Waals surface area (Å²) in [6.45, 7) is 3.41. The fourth-order valence-corrected chi connectivity index (χ4v) is 4.48. The number of fused-ring (bicyclic) bond motifs is 1. The highest BCUT2D eigenvalue weighted by molar-refractivity contribution is 6.30. The van der Waals surface area contributed by atoms with E-state index in [-0.39, 0.29) is 17.1 Å². The first-order valence-corrected chi connectivity index (χ1v) is 10.5. The average molecular weight is 451 g/mol. The Morgan fingerprint density at radius 3 is 2.47 bits per heavy atom. The number of nitrogens with zero attached hydrogens (tertiary/aromatic N) is 4. The molecule has 1 aromatic heterocycles. The first kappa shape index (κ1) is 20.3. The fourth-order valence-electron chi connectivity index (χ4n) is 4.35. The molecule has 0 amide bonds. The number of aliphatic imine (C=N–C) groups is 1. The summed E-state index contributed by atoms with van der Waals surface area (Å²) in [4.78, 5) is 22.4. The Kier molecular flexibility index (Phi) is 4.94. The number of benzene rings is 2. The maximum atomic E-state index is 12.0. The SMILES string of the molecule is CC1=CC2=N[C@@H](c3ccc(Cl)cc3)[C@@H](c3onc(C)c3[N+](=O)[O-])[C@H](c3ccccc3)N2O1. The second-order valence-corrected chi connectivity index (χ2v) is 8.21. The molecule has 32 heavy (non-hydrogen) atoms. The third-order valence-corrected chi connectivity index (χ3v) is 5.95. The van der Waals surface area contributed by atoms with Gasteiger partial charge in [0, 0.05) is 11.1 Å². The van der Waals surface area contributed by atoms with Crippen LogP contribution >= 0.6 is 11.6 Å². The summed E-state index contributed by atoms with van der Waals surface area (Å²) in [6.07, 6.45) is 1.86. The van der Waals surface area contributed by atoms with E-state index in [0.717, 1.165) is 11.1 Å². The summed E-state index contributed by atoms with van der Waals surface area (Å²) in [6, 6.07) is 16.1. The first-order chi connectivity index (χ1) is 15.4. The fraction of sp³-hybridized carbons (Fsp3) is 0.217. The van der Waals surface area contributed by atoms with Crippen molar-refractivity contribution in [1.82, 2.24) is 10.2 Å². The van der Waals surface area contributed by atoms with Crippen LogP contribution in [0.15, 0.2) is 75.9 Å². The van der Waals surface area contributed by atoms with Gasteiger partial charge < -0.3 is 9.36 Å². The standard InChI is InChI=1S/C23H19ClN4O4/c1-13-12-18-25-20(15-8-10-17(24)11-9-15)19(23-21(28(29)30)14(2)26-31-23)22(27(18)32-13)16-6-4-3-5-7-16/h3-12,19-20,22H,1-2H3/t19-,20+,22+/m1/s1. The third-order valence-electron chi connectivity index (χ3n) is 5.70. The molecule has 0 aliphatic carbocycles. The summed E-state index contributed by atoms with van der Waals surface area (Å²) in [5.41, 5.74) is 1.85. The van der Waals surface area contributed by atoms with E-state index >= 15 is 0 Å². The molecule has 3 heterocycles. The molecule has 3 aromatic rings. The van der Waals surface area contributed by atoms with Crippen LogP contribution in [-0.2, 0) is 4.84 Å². The van der Waals surface area contributed by atoms with Crippen LogP contribution in [0.4, 0.5) is 5.69 Å². The van der Waals surface area contributed by atoms with Crippen LogP contribution in [0.3, 0.4) is 0 Å². The molecule has 8 nitrogen and oxygen atoms in total. The van der Waals surface area contributed by atoms with Crippen molar-refractivity contribution in [3.05, 3.63) is 104 Å². The van der Waals surface area contributed by atoms with Crippen molar-refractivity contribution in [2.24, 2.45) is 4.99 Å². The highest BCUT2D eigenvalue weighted by atomic mass is 35.5. The number of amidine groups is 1. The lowest BCUT2D eigenvalue weighted by molar-refractivity contribution is -0.387. The first-order valence-electron chi connectivity index (χ1n) is 10.1. The molecule has 5 rings (SSSR count). The number of aromatic nitrogens is 1. The second-order valence-electron chi connectivity index (χ2n) is 7.78. The molecule has 2 aliphatic heterocycles. The summed E-state index contributed by atoms with van der Waals surface area (Å²) in [5.74, 6) is 0.912. The van der Waals surface area contributed by atoms with Crippen molar-refractivity contribution in [1.29, 1.82) is 0 Å². The highest BCUT2D eigenvalue weighted by Gasteiger charge is 2.49. The zero-order chi connectivity index (χ0) is 22.4. The van der Waals surface area contributed by atoms with E-state index in [2.05, 4.69) is 5.16 Å². The average Bonchev–Trinajstić information content (AvgIpc) is 3.35. The number of hydroxylamine groups is 2. The van der Waals surface area contributed by atoms with Gasteiger partial charge in [0.15, 0.2) is 11.5 Å². The number of halogens is 1. The predicted octanol–water partition coefficient (Wildman–Crippen LogP) is 5.67. The Balaban J connectivity index is 1.76. The summed E-state index contributed by atoms with van der Waals surface area (Å²) in [7, 11) is 0. The van der Waals surface area contributed by atoms with Gasteiger partial charge in [0.25, 0.3) is 0 Å². The number of rotatable bonds is 4. The topological polar surface area (TPSA) is 94.0 Å². The zero-order valence-electron chi connectivity index (χ0n) is 17.3. The van der Waals surface area contributed by atoms with E-state index in [1.54, 1.807) is 24.1 Å². The van der Waals surface area contributed by atoms with Crippen LogP contribution < -0.4 is 0 Å². The number of hydrogen-bond donors (Lipinski definition) is 0. The number of nitro groups is 1. The molecule has 0 radical (unpaired) electrons. The van der Waals surface area contributed by atoms with Crippen molar-refractivity contribution >= 4 is 23.1 Å². The van der Waals surface area contributed by atoms with E-state index in [9.17, 15) is 10.1 Å². The molecule has 2 aliphatic rings. The Hall–Kier alpha value is -3.65. The molecular weight excluding hydrogens is 432 g/mol. The predicted molar refractivity (Wildman–Crippen MR) is 118 cm³/mol. The molecule has 3 atom stereocenters. The van der Waals surface area contributed by atoms with Gasteiger partial charge in [0.2, 0.25) is 5.76 Å². The summed E-state index contributed by atoms with van der Waals surface area (Å²) >= 11 is 6.12. The van der Waals surface area contributed by atoms with E-state index < -0.39 is 22.9 Å².